The van der Waals surface area contributed by atoms with E-state index in [1.165, 1.54) is 0 Å². The lowest BCUT2D eigenvalue weighted by Gasteiger charge is -2.22. The van der Waals surface area contributed by atoms with E-state index in [0.29, 0.717) is 19.6 Å². The normalized spacial score (nSPS) is 11.7. The fraction of sp³-hybridized carbons (Fsp3) is 0.625. The minimum Gasteiger partial charge on any atom is -0.357 e. The van der Waals surface area contributed by atoms with Gasteiger partial charge in [0.15, 0.2) is 5.96 Å². The van der Waals surface area contributed by atoms with Crippen molar-refractivity contribution in [2.24, 2.45) is 18.0 Å². The van der Waals surface area contributed by atoms with Gasteiger partial charge in [-0.25, -0.2) is 0 Å². The van der Waals surface area contributed by atoms with Crippen LogP contribution in [0.25, 0.3) is 0 Å². The van der Waals surface area contributed by atoms with Crippen molar-refractivity contribution in [3.63, 3.8) is 0 Å². The van der Waals surface area contributed by atoms with E-state index in [0.717, 1.165) is 23.2 Å². The van der Waals surface area contributed by atoms with Gasteiger partial charge in [0, 0.05) is 45.0 Å². The number of hydrogen-bond acceptors (Lipinski definition) is 2. The van der Waals surface area contributed by atoms with Gasteiger partial charge in [0.05, 0.1) is 18.1 Å². The molecule has 0 aliphatic rings. The molecule has 130 valence electrons. The lowest BCUT2D eigenvalue weighted by Crippen LogP contribution is -2.39. The van der Waals surface area contributed by atoms with Crippen LogP contribution in [0.1, 0.15) is 26.5 Å². The molecule has 7 heteroatoms. The minimum atomic E-state index is -0.00280. The molecule has 0 saturated heterocycles. The summed E-state index contributed by atoms with van der Waals surface area (Å²) >= 11 is 6.02. The molecular formula is C16H28ClN5O. The summed E-state index contributed by atoms with van der Waals surface area (Å²) in [5, 5.41) is 6.86. The first-order chi connectivity index (χ1) is 10.8. The lowest BCUT2D eigenvalue weighted by atomic mass is 10.2. The molecule has 6 nitrogen and oxygen atoms in total. The highest BCUT2D eigenvalue weighted by Gasteiger charge is 2.10. The van der Waals surface area contributed by atoms with Gasteiger partial charge < -0.3 is 20.1 Å². The summed E-state index contributed by atoms with van der Waals surface area (Å²) in [4.78, 5) is 18.1. The number of guanidine groups is 1. The van der Waals surface area contributed by atoms with Gasteiger partial charge in [-0.3, -0.25) is 9.79 Å². The number of aromatic nitrogens is 1. The topological polar surface area (TPSA) is 61.7 Å². The van der Waals surface area contributed by atoms with Crippen LogP contribution in [-0.2, 0) is 18.4 Å². The van der Waals surface area contributed by atoms with E-state index in [-0.39, 0.29) is 11.8 Å². The van der Waals surface area contributed by atoms with E-state index in [1.807, 2.05) is 56.6 Å². The van der Waals surface area contributed by atoms with Gasteiger partial charge >= 0.3 is 0 Å². The van der Waals surface area contributed by atoms with Gasteiger partial charge in [-0.2, -0.15) is 0 Å². The molecule has 0 spiro atoms. The van der Waals surface area contributed by atoms with Crippen molar-refractivity contribution in [2.75, 3.05) is 26.7 Å². The molecule has 0 unspecified atom stereocenters. The quantitative estimate of drug-likeness (QED) is 0.452. The summed E-state index contributed by atoms with van der Waals surface area (Å²) in [7, 11) is 3.95. The van der Waals surface area contributed by atoms with Gasteiger partial charge in [0.1, 0.15) is 0 Å². The molecule has 0 atom stereocenters. The molecule has 0 aliphatic heterocycles. The minimum absolute atomic E-state index is 0.00280. The molecule has 0 aliphatic carbocycles. The predicted octanol–water partition coefficient (Wildman–Crippen LogP) is 1.85. The van der Waals surface area contributed by atoms with Gasteiger partial charge in [0.2, 0.25) is 5.91 Å². The highest BCUT2D eigenvalue weighted by atomic mass is 35.5. The van der Waals surface area contributed by atoms with E-state index < -0.39 is 0 Å². The van der Waals surface area contributed by atoms with Crippen molar-refractivity contribution in [3.05, 3.63) is 23.0 Å². The van der Waals surface area contributed by atoms with Gasteiger partial charge in [-0.15, -0.1) is 0 Å². The molecule has 0 aromatic carbocycles. The summed E-state index contributed by atoms with van der Waals surface area (Å²) in [5.41, 5.74) is 1.11. The zero-order valence-corrected chi connectivity index (χ0v) is 15.4. The second kappa shape index (κ2) is 9.45. The summed E-state index contributed by atoms with van der Waals surface area (Å²) in [6.07, 6.45) is 1.89. The molecule has 1 rings (SSSR count). The van der Waals surface area contributed by atoms with Gasteiger partial charge in [0.25, 0.3) is 0 Å². The molecule has 0 bridgehead atoms. The third-order valence-corrected chi connectivity index (χ3v) is 3.57. The predicted molar refractivity (Wildman–Crippen MR) is 95.7 cm³/mol. The fourth-order valence-corrected chi connectivity index (χ4v) is 2.33. The summed E-state index contributed by atoms with van der Waals surface area (Å²) < 4.78 is 2.01. The fourth-order valence-electron chi connectivity index (χ4n) is 2.06. The first kappa shape index (κ1) is 19.4. The summed E-state index contributed by atoms with van der Waals surface area (Å²) in [6, 6.07) is 1.95. The lowest BCUT2D eigenvalue weighted by molar-refractivity contribution is -0.123. The van der Waals surface area contributed by atoms with Crippen molar-refractivity contribution in [1.29, 1.82) is 0 Å². The Hall–Kier alpha value is -1.69. The van der Waals surface area contributed by atoms with Crippen molar-refractivity contribution < 1.29 is 4.79 Å². The number of hydrogen-bond donors (Lipinski definition) is 2. The third-order valence-electron chi connectivity index (χ3n) is 3.37. The molecule has 23 heavy (non-hydrogen) atoms. The second-order valence-corrected chi connectivity index (χ2v) is 6.23. The van der Waals surface area contributed by atoms with Crippen molar-refractivity contribution in [3.8, 4) is 0 Å². The maximum absolute atomic E-state index is 11.5. The zero-order chi connectivity index (χ0) is 17.4. The highest BCUT2D eigenvalue weighted by molar-refractivity contribution is 6.30. The third kappa shape index (κ3) is 6.52. The molecule has 1 aromatic heterocycles. The Balaban J connectivity index is 2.59. The first-order valence-corrected chi connectivity index (χ1v) is 8.30. The highest BCUT2D eigenvalue weighted by Crippen LogP contribution is 2.14. The van der Waals surface area contributed by atoms with Gasteiger partial charge in [-0.05, 0) is 13.0 Å². The molecule has 0 saturated carbocycles. The summed E-state index contributed by atoms with van der Waals surface area (Å²) in [5.74, 6) is 0.859. The average molecular weight is 342 g/mol. The molecule has 1 amide bonds. The van der Waals surface area contributed by atoms with Crippen LogP contribution in [0.15, 0.2) is 17.3 Å². The molecule has 0 radical (unpaired) electrons. The van der Waals surface area contributed by atoms with Crippen LogP contribution < -0.4 is 10.6 Å². The number of nitrogens with zero attached hydrogens (tertiary/aromatic N) is 3. The molecule has 1 heterocycles. The van der Waals surface area contributed by atoms with Crippen LogP contribution in [0.5, 0.6) is 0 Å². The largest absolute Gasteiger partial charge is 0.357 e. The number of amides is 1. The van der Waals surface area contributed by atoms with Crippen molar-refractivity contribution in [1.82, 2.24) is 20.1 Å². The van der Waals surface area contributed by atoms with E-state index in [4.69, 9.17) is 11.6 Å². The van der Waals surface area contributed by atoms with E-state index in [1.54, 1.807) is 0 Å². The van der Waals surface area contributed by atoms with Gasteiger partial charge in [-0.1, -0.05) is 25.4 Å². The Kier molecular flexibility index (Phi) is 7.95. The molecule has 1 aromatic rings. The molecule has 0 fully saturated rings. The van der Waals surface area contributed by atoms with Crippen LogP contribution in [-0.4, -0.2) is 48.0 Å². The number of aryl methyl sites for hydroxylation is 1. The molecule has 2 N–H and O–H groups in total. The number of carbonyl (C=O) groups is 1. The SMILES string of the molecule is CCNC(=NCCNC(=O)C(C)C)N(C)Cc1cc(Cl)cn1C. The Labute approximate surface area is 143 Å². The van der Waals surface area contributed by atoms with E-state index >= 15 is 0 Å². The number of aliphatic imine (C=N–C) groups is 1. The summed E-state index contributed by atoms with van der Waals surface area (Å²) in [6.45, 7) is 8.35. The standard InChI is InChI=1S/C16H28ClN5O/c1-6-18-16(20-8-7-19-15(23)12(2)3)22(5)11-14-9-13(17)10-21(14)4/h9-10,12H,6-8,11H2,1-5H3,(H,18,20)(H,19,23). The Morgan fingerprint density at radius 1 is 1.43 bits per heavy atom. The van der Waals surface area contributed by atoms with E-state index in [9.17, 15) is 4.79 Å². The van der Waals surface area contributed by atoms with Crippen molar-refractivity contribution >= 4 is 23.5 Å². The van der Waals surface area contributed by atoms with Crippen LogP contribution >= 0.6 is 11.6 Å². The second-order valence-electron chi connectivity index (χ2n) is 5.80. The molecular weight excluding hydrogens is 314 g/mol. The Morgan fingerprint density at radius 2 is 2.13 bits per heavy atom. The number of halogens is 1. The monoisotopic (exact) mass is 341 g/mol. The average Bonchev–Trinajstić information content (AvgIpc) is 2.79. The number of carbonyl (C=O) groups excluding carboxylic acids is 1. The Morgan fingerprint density at radius 3 is 2.65 bits per heavy atom. The van der Waals surface area contributed by atoms with Crippen LogP contribution in [0, 0.1) is 5.92 Å². The van der Waals surface area contributed by atoms with Crippen LogP contribution in [0.2, 0.25) is 5.02 Å². The smallest absolute Gasteiger partial charge is 0.222 e. The van der Waals surface area contributed by atoms with Crippen molar-refractivity contribution in [2.45, 2.75) is 27.3 Å². The van der Waals surface area contributed by atoms with Crippen LogP contribution in [0.4, 0.5) is 0 Å². The number of nitrogens with one attached hydrogen (secondary N) is 2. The zero-order valence-electron chi connectivity index (χ0n) is 14.7. The maximum Gasteiger partial charge on any atom is 0.222 e. The Bertz CT molecular complexity index is 539. The van der Waals surface area contributed by atoms with Crippen LogP contribution in [0.3, 0.4) is 0 Å². The first-order valence-electron chi connectivity index (χ1n) is 7.93. The maximum atomic E-state index is 11.5. The number of rotatable bonds is 7. The van der Waals surface area contributed by atoms with E-state index in [2.05, 4.69) is 15.6 Å².